The van der Waals surface area contributed by atoms with Crippen LogP contribution in [0.4, 0.5) is 0 Å². The fourth-order valence-corrected chi connectivity index (χ4v) is 8.84. The van der Waals surface area contributed by atoms with E-state index in [4.69, 9.17) is 0 Å². The van der Waals surface area contributed by atoms with Gasteiger partial charge in [-0.25, -0.2) is 0 Å². The molecule has 0 saturated heterocycles. The second kappa shape index (κ2) is 6.54. The number of halogens is 1. The van der Waals surface area contributed by atoms with Gasteiger partial charge in [-0.05, 0) is 71.0 Å². The van der Waals surface area contributed by atoms with Gasteiger partial charge in [0.1, 0.15) is 0 Å². The lowest BCUT2D eigenvalue weighted by molar-refractivity contribution is 1.17. The van der Waals surface area contributed by atoms with E-state index in [1.807, 2.05) is 0 Å². The molecule has 2 heteroatoms. The largest absolute Gasteiger partial charge is 0.101 e. The van der Waals surface area contributed by atoms with Crippen molar-refractivity contribution in [2.45, 2.75) is 35.5 Å². The number of benzene rings is 3. The summed E-state index contributed by atoms with van der Waals surface area (Å²) < 4.78 is 0. The highest BCUT2D eigenvalue weighted by Gasteiger charge is 2.30. The van der Waals surface area contributed by atoms with Crippen LogP contribution >= 0.6 is 23.3 Å². The van der Waals surface area contributed by atoms with Crippen molar-refractivity contribution in [2.24, 2.45) is 0 Å². The lowest BCUT2D eigenvalue weighted by Crippen LogP contribution is -2.01. The van der Waals surface area contributed by atoms with E-state index >= 15 is 0 Å². The molecule has 0 amide bonds. The van der Waals surface area contributed by atoms with Crippen molar-refractivity contribution >= 4 is 23.3 Å². The number of aryl methyl sites for hydroxylation is 3. The second-order valence-corrected chi connectivity index (χ2v) is 11.2. The first-order valence-electron chi connectivity index (χ1n) is 7.74. The summed E-state index contributed by atoms with van der Waals surface area (Å²) in [5.74, 6) is 0. The SMILES string of the molecule is Cc1cc(C)c(S(Br)(c2ccccc2)c2ccccc2)c(C)c1. The molecule has 0 N–H and O–H groups in total. The molecule has 0 aliphatic heterocycles. The number of hydrogen-bond donors (Lipinski definition) is 0. The quantitative estimate of drug-likeness (QED) is 0.447. The predicted octanol–water partition coefficient (Wildman–Crippen LogP) is 7.20. The first kappa shape index (κ1) is 16.4. The minimum Gasteiger partial charge on any atom is -0.101 e. The van der Waals surface area contributed by atoms with Crippen LogP contribution in [0.5, 0.6) is 0 Å². The van der Waals surface area contributed by atoms with Crippen LogP contribution < -0.4 is 0 Å². The lowest BCUT2D eigenvalue weighted by Gasteiger charge is -2.37. The maximum atomic E-state index is 4.22. The average Bonchev–Trinajstić information content (AvgIpc) is 2.55. The highest BCUT2D eigenvalue weighted by atomic mass is 79.9. The van der Waals surface area contributed by atoms with E-state index in [1.165, 1.54) is 31.4 Å². The topological polar surface area (TPSA) is 0 Å². The molecule has 0 radical (unpaired) electrons. The monoisotopic (exact) mass is 384 g/mol. The van der Waals surface area contributed by atoms with Gasteiger partial charge in [-0.15, -0.1) is 8.46 Å². The van der Waals surface area contributed by atoms with E-state index in [-0.39, 0.29) is 0 Å². The van der Waals surface area contributed by atoms with Crippen LogP contribution in [-0.4, -0.2) is 0 Å². The zero-order valence-corrected chi connectivity index (χ0v) is 16.1. The predicted molar refractivity (Wildman–Crippen MR) is 105 cm³/mol. The van der Waals surface area contributed by atoms with Gasteiger partial charge in [-0.2, -0.15) is 0 Å². The molecule has 118 valence electrons. The summed E-state index contributed by atoms with van der Waals surface area (Å²) in [6, 6.07) is 26.2. The molecular weight excluding hydrogens is 364 g/mol. The van der Waals surface area contributed by atoms with Crippen molar-refractivity contribution in [3.05, 3.63) is 89.5 Å². The number of rotatable bonds is 3. The van der Waals surface area contributed by atoms with E-state index in [2.05, 4.69) is 108 Å². The van der Waals surface area contributed by atoms with Gasteiger partial charge in [0.25, 0.3) is 0 Å². The van der Waals surface area contributed by atoms with Gasteiger partial charge in [-0.3, -0.25) is 0 Å². The third-order valence-electron chi connectivity index (χ3n) is 4.02. The zero-order chi connectivity index (χ0) is 16.4. The summed E-state index contributed by atoms with van der Waals surface area (Å²) in [5, 5.41) is 0. The molecule has 0 atom stereocenters. The molecule has 3 aromatic carbocycles. The molecule has 0 nitrogen and oxygen atoms in total. The fraction of sp³-hybridized carbons (Fsp3) is 0.143. The highest BCUT2D eigenvalue weighted by molar-refractivity contribution is 9.58. The maximum Gasteiger partial charge on any atom is 0.0137 e. The fourth-order valence-electron chi connectivity index (χ4n) is 3.20. The minimum atomic E-state index is -1.44. The van der Waals surface area contributed by atoms with E-state index in [1.54, 1.807) is 0 Å². The van der Waals surface area contributed by atoms with Crippen LogP contribution in [0.2, 0.25) is 0 Å². The van der Waals surface area contributed by atoms with Crippen LogP contribution in [0.25, 0.3) is 0 Å². The molecule has 3 aromatic rings. The summed E-state index contributed by atoms with van der Waals surface area (Å²) in [7, 11) is -1.44. The minimum absolute atomic E-state index is 1.32. The average molecular weight is 385 g/mol. The van der Waals surface area contributed by atoms with Crippen molar-refractivity contribution in [2.75, 3.05) is 0 Å². The molecule has 0 heterocycles. The number of hydrogen-bond acceptors (Lipinski definition) is 0. The van der Waals surface area contributed by atoms with Crippen molar-refractivity contribution in [3.63, 3.8) is 0 Å². The summed E-state index contributed by atoms with van der Waals surface area (Å²) in [4.78, 5) is 4.09. The van der Waals surface area contributed by atoms with Gasteiger partial charge in [-0.1, -0.05) is 54.1 Å². The van der Waals surface area contributed by atoms with Crippen LogP contribution in [0.1, 0.15) is 16.7 Å². The first-order valence-corrected chi connectivity index (χ1v) is 11.2. The molecular formula is C21H21BrS. The summed E-state index contributed by atoms with van der Waals surface area (Å²) in [6.07, 6.45) is 0. The smallest absolute Gasteiger partial charge is 0.0137 e. The normalized spacial score (nSPS) is 12.2. The Balaban J connectivity index is 2.35. The van der Waals surface area contributed by atoms with Crippen molar-refractivity contribution in [1.29, 1.82) is 0 Å². The van der Waals surface area contributed by atoms with Gasteiger partial charge < -0.3 is 0 Å². The molecule has 0 spiro atoms. The Morgan fingerprint density at radius 2 is 1.04 bits per heavy atom. The summed E-state index contributed by atoms with van der Waals surface area (Å²) in [5.41, 5.74) is 4.02. The maximum absolute atomic E-state index is 4.22. The van der Waals surface area contributed by atoms with Crippen LogP contribution in [0.15, 0.2) is 87.5 Å². The van der Waals surface area contributed by atoms with Crippen molar-refractivity contribution in [1.82, 2.24) is 0 Å². The Kier molecular flexibility index (Phi) is 4.65. The lowest BCUT2D eigenvalue weighted by atomic mass is 10.1. The molecule has 0 saturated carbocycles. The summed E-state index contributed by atoms with van der Waals surface area (Å²) in [6.45, 7) is 6.62. The molecule has 0 unspecified atom stereocenters. The molecule has 0 aliphatic rings. The third kappa shape index (κ3) is 2.98. The Morgan fingerprint density at radius 1 is 0.652 bits per heavy atom. The molecule has 3 rings (SSSR count). The summed E-state index contributed by atoms with van der Waals surface area (Å²) >= 11 is 4.22. The van der Waals surface area contributed by atoms with Gasteiger partial charge in [0.15, 0.2) is 0 Å². The molecule has 0 aromatic heterocycles. The van der Waals surface area contributed by atoms with Crippen molar-refractivity contribution in [3.8, 4) is 0 Å². The van der Waals surface area contributed by atoms with Crippen molar-refractivity contribution < 1.29 is 0 Å². The molecule has 0 bridgehead atoms. The Hall–Kier alpha value is -1.51. The van der Waals surface area contributed by atoms with Gasteiger partial charge in [0.2, 0.25) is 0 Å². The van der Waals surface area contributed by atoms with E-state index in [0.717, 1.165) is 0 Å². The molecule has 23 heavy (non-hydrogen) atoms. The zero-order valence-electron chi connectivity index (χ0n) is 13.7. The van der Waals surface area contributed by atoms with E-state index in [9.17, 15) is 0 Å². The Bertz CT molecular complexity index is 747. The van der Waals surface area contributed by atoms with E-state index < -0.39 is 8.46 Å². The standard InChI is InChI=1S/C21H21BrS/c1-16-14-17(2)21(18(3)15-16)23(22,19-10-6-4-7-11-19)20-12-8-5-9-13-20/h4-15H,1-3H3. The Morgan fingerprint density at radius 3 is 1.43 bits per heavy atom. The van der Waals surface area contributed by atoms with Crippen LogP contribution in [-0.2, 0) is 0 Å². The van der Waals surface area contributed by atoms with E-state index in [0.29, 0.717) is 0 Å². The second-order valence-electron chi connectivity index (χ2n) is 5.89. The van der Waals surface area contributed by atoms with Gasteiger partial charge >= 0.3 is 0 Å². The highest BCUT2D eigenvalue weighted by Crippen LogP contribution is 2.75. The third-order valence-corrected chi connectivity index (χ3v) is 10.3. The van der Waals surface area contributed by atoms with Crippen LogP contribution in [0.3, 0.4) is 0 Å². The molecule has 0 fully saturated rings. The van der Waals surface area contributed by atoms with Gasteiger partial charge in [0.05, 0.1) is 0 Å². The van der Waals surface area contributed by atoms with Crippen LogP contribution in [0, 0.1) is 20.8 Å². The Labute approximate surface area is 148 Å². The first-order chi connectivity index (χ1) is 11.0. The molecule has 0 aliphatic carbocycles. The van der Waals surface area contributed by atoms with Gasteiger partial charge in [0, 0.05) is 14.7 Å².